The molecule has 0 bridgehead atoms. The van der Waals surface area contributed by atoms with Crippen molar-refractivity contribution in [2.45, 2.75) is 26.2 Å². The van der Waals surface area contributed by atoms with Crippen molar-refractivity contribution in [3.05, 3.63) is 42.7 Å². The van der Waals surface area contributed by atoms with Gasteiger partial charge in [0, 0.05) is 0 Å². The first-order valence-corrected chi connectivity index (χ1v) is 5.26. The number of rotatable bonds is 4. The van der Waals surface area contributed by atoms with Crippen LogP contribution in [0.1, 0.15) is 31.7 Å². The maximum atomic E-state index is 11.0. The number of carbonyl (C=O) groups is 1. The molecule has 3 nitrogen and oxygen atoms in total. The van der Waals surface area contributed by atoms with Crippen molar-refractivity contribution < 1.29 is 14.3 Å². The second kappa shape index (κ2) is 5.95. The predicted octanol–water partition coefficient (Wildman–Crippen LogP) is 3.86. The Labute approximate surface area is 95.7 Å². The molecule has 1 unspecified atom stereocenters. The van der Waals surface area contributed by atoms with Gasteiger partial charge in [0.25, 0.3) is 0 Å². The maximum absolute atomic E-state index is 11.0. The lowest BCUT2D eigenvalue weighted by Gasteiger charge is -2.09. The van der Waals surface area contributed by atoms with Crippen LogP contribution in [0.3, 0.4) is 0 Å². The SMILES string of the molecule is C=COC(=O)Oc1ccc(C(C)CC)cc1. The third kappa shape index (κ3) is 3.42. The Morgan fingerprint density at radius 3 is 2.56 bits per heavy atom. The molecule has 16 heavy (non-hydrogen) atoms. The number of carbonyl (C=O) groups excluding carboxylic acids is 1. The molecule has 1 aromatic carbocycles. The van der Waals surface area contributed by atoms with Gasteiger partial charge in [0.15, 0.2) is 0 Å². The zero-order valence-corrected chi connectivity index (χ0v) is 9.60. The van der Waals surface area contributed by atoms with E-state index in [1.165, 1.54) is 5.56 Å². The first kappa shape index (κ1) is 12.3. The molecule has 0 heterocycles. The van der Waals surface area contributed by atoms with Crippen LogP contribution in [0.4, 0.5) is 4.79 Å². The molecule has 0 radical (unpaired) electrons. The predicted molar refractivity (Wildman–Crippen MR) is 62.5 cm³/mol. The molecular formula is C13H16O3. The smallest absolute Gasteiger partial charge is 0.403 e. The van der Waals surface area contributed by atoms with Crippen molar-refractivity contribution in [3.63, 3.8) is 0 Å². The largest absolute Gasteiger partial charge is 0.518 e. The van der Waals surface area contributed by atoms with E-state index in [1.807, 2.05) is 12.1 Å². The Morgan fingerprint density at radius 2 is 2.06 bits per heavy atom. The second-order valence-corrected chi connectivity index (χ2v) is 3.51. The minimum atomic E-state index is -0.772. The quantitative estimate of drug-likeness (QED) is 0.439. The summed E-state index contributed by atoms with van der Waals surface area (Å²) in [7, 11) is 0. The molecule has 1 rings (SSSR count). The molecule has 1 aromatic rings. The van der Waals surface area contributed by atoms with Crippen LogP contribution in [0.15, 0.2) is 37.1 Å². The average Bonchev–Trinajstić information content (AvgIpc) is 2.29. The fourth-order valence-electron chi connectivity index (χ4n) is 1.29. The molecule has 0 aromatic heterocycles. The van der Waals surface area contributed by atoms with Gasteiger partial charge in [-0.05, 0) is 30.0 Å². The van der Waals surface area contributed by atoms with Gasteiger partial charge in [0.2, 0.25) is 0 Å². The summed E-state index contributed by atoms with van der Waals surface area (Å²) in [5.41, 5.74) is 1.23. The van der Waals surface area contributed by atoms with Crippen molar-refractivity contribution >= 4 is 6.16 Å². The molecule has 0 saturated heterocycles. The van der Waals surface area contributed by atoms with Gasteiger partial charge in [-0.2, -0.15) is 0 Å². The number of hydrogen-bond acceptors (Lipinski definition) is 3. The van der Waals surface area contributed by atoms with E-state index in [-0.39, 0.29) is 0 Å². The van der Waals surface area contributed by atoms with Gasteiger partial charge in [0.1, 0.15) is 5.75 Å². The minimum absolute atomic E-state index is 0.471. The van der Waals surface area contributed by atoms with Crippen LogP contribution in [0, 0.1) is 0 Å². The highest BCUT2D eigenvalue weighted by atomic mass is 16.7. The van der Waals surface area contributed by atoms with Gasteiger partial charge in [-0.25, -0.2) is 4.79 Å². The van der Waals surface area contributed by atoms with Crippen LogP contribution >= 0.6 is 0 Å². The van der Waals surface area contributed by atoms with Gasteiger partial charge in [-0.3, -0.25) is 0 Å². The molecule has 0 saturated carbocycles. The number of hydrogen-bond donors (Lipinski definition) is 0. The lowest BCUT2D eigenvalue weighted by molar-refractivity contribution is 0.136. The van der Waals surface area contributed by atoms with Gasteiger partial charge in [0.05, 0.1) is 6.26 Å². The van der Waals surface area contributed by atoms with Crippen molar-refractivity contribution in [3.8, 4) is 5.75 Å². The van der Waals surface area contributed by atoms with Gasteiger partial charge < -0.3 is 9.47 Å². The van der Waals surface area contributed by atoms with Gasteiger partial charge in [-0.1, -0.05) is 32.6 Å². The van der Waals surface area contributed by atoms with Crippen LogP contribution in [-0.4, -0.2) is 6.16 Å². The van der Waals surface area contributed by atoms with E-state index in [0.29, 0.717) is 11.7 Å². The Kier molecular flexibility index (Phi) is 4.58. The summed E-state index contributed by atoms with van der Waals surface area (Å²) >= 11 is 0. The summed E-state index contributed by atoms with van der Waals surface area (Å²) in [4.78, 5) is 11.0. The van der Waals surface area contributed by atoms with Crippen molar-refractivity contribution in [1.29, 1.82) is 0 Å². The molecule has 0 spiro atoms. The van der Waals surface area contributed by atoms with E-state index in [4.69, 9.17) is 4.74 Å². The van der Waals surface area contributed by atoms with E-state index in [9.17, 15) is 4.79 Å². The number of benzene rings is 1. The summed E-state index contributed by atoms with van der Waals surface area (Å²) in [5, 5.41) is 0. The topological polar surface area (TPSA) is 35.5 Å². The fraction of sp³-hybridized carbons (Fsp3) is 0.308. The second-order valence-electron chi connectivity index (χ2n) is 3.51. The normalized spacial score (nSPS) is 11.6. The summed E-state index contributed by atoms with van der Waals surface area (Å²) in [6.45, 7) is 7.56. The van der Waals surface area contributed by atoms with E-state index >= 15 is 0 Å². The average molecular weight is 220 g/mol. The van der Waals surface area contributed by atoms with Gasteiger partial charge >= 0.3 is 6.16 Å². The zero-order valence-electron chi connectivity index (χ0n) is 9.60. The molecule has 86 valence electrons. The molecule has 3 heteroatoms. The molecule has 0 N–H and O–H groups in total. The first-order valence-electron chi connectivity index (χ1n) is 5.26. The van der Waals surface area contributed by atoms with Crippen molar-refractivity contribution in [2.24, 2.45) is 0 Å². The molecule has 0 aliphatic carbocycles. The third-order valence-corrected chi connectivity index (χ3v) is 2.44. The van der Waals surface area contributed by atoms with Crippen molar-refractivity contribution in [2.75, 3.05) is 0 Å². The lowest BCUT2D eigenvalue weighted by Crippen LogP contribution is -2.06. The zero-order chi connectivity index (χ0) is 12.0. The Balaban J connectivity index is 2.64. The Bertz CT molecular complexity index is 354. The number of ether oxygens (including phenoxy) is 2. The van der Waals surface area contributed by atoms with Crippen LogP contribution in [-0.2, 0) is 4.74 Å². The Morgan fingerprint density at radius 1 is 1.44 bits per heavy atom. The van der Waals surface area contributed by atoms with E-state index in [1.54, 1.807) is 12.1 Å². The van der Waals surface area contributed by atoms with Crippen LogP contribution in [0.2, 0.25) is 0 Å². The highest BCUT2D eigenvalue weighted by Crippen LogP contribution is 2.21. The third-order valence-electron chi connectivity index (χ3n) is 2.44. The molecule has 0 fully saturated rings. The monoisotopic (exact) mass is 220 g/mol. The van der Waals surface area contributed by atoms with E-state index in [0.717, 1.165) is 12.7 Å². The fourth-order valence-corrected chi connectivity index (χ4v) is 1.29. The highest BCUT2D eigenvalue weighted by molar-refractivity contribution is 5.64. The van der Waals surface area contributed by atoms with E-state index in [2.05, 4.69) is 25.2 Å². The first-order chi connectivity index (χ1) is 7.67. The molecular weight excluding hydrogens is 204 g/mol. The minimum Gasteiger partial charge on any atom is -0.403 e. The van der Waals surface area contributed by atoms with Crippen LogP contribution in [0.5, 0.6) is 5.75 Å². The lowest BCUT2D eigenvalue weighted by atomic mass is 9.99. The molecule has 0 amide bonds. The van der Waals surface area contributed by atoms with Crippen LogP contribution < -0.4 is 4.74 Å². The molecule has 0 aliphatic heterocycles. The molecule has 1 atom stereocenters. The summed E-state index contributed by atoms with van der Waals surface area (Å²) in [6.07, 6.45) is 1.35. The Hall–Kier alpha value is -1.77. The summed E-state index contributed by atoms with van der Waals surface area (Å²) < 4.78 is 9.34. The van der Waals surface area contributed by atoms with E-state index < -0.39 is 6.16 Å². The summed E-state index contributed by atoms with van der Waals surface area (Å²) in [5.74, 6) is 0.980. The van der Waals surface area contributed by atoms with Gasteiger partial charge in [-0.15, -0.1) is 0 Å². The van der Waals surface area contributed by atoms with Crippen LogP contribution in [0.25, 0.3) is 0 Å². The molecule has 0 aliphatic rings. The summed E-state index contributed by atoms with van der Waals surface area (Å²) in [6, 6.07) is 7.41. The standard InChI is InChI=1S/C13H16O3/c1-4-10(3)11-6-8-12(9-7-11)16-13(14)15-5-2/h5-10H,2,4H2,1,3H3. The van der Waals surface area contributed by atoms with Crippen molar-refractivity contribution in [1.82, 2.24) is 0 Å². The highest BCUT2D eigenvalue weighted by Gasteiger charge is 2.06. The maximum Gasteiger partial charge on any atom is 0.518 e.